The lowest BCUT2D eigenvalue weighted by molar-refractivity contribution is 0.686. The summed E-state index contributed by atoms with van der Waals surface area (Å²) in [5.41, 5.74) is 1.58. The number of nitrogens with zero attached hydrogens (tertiary/aromatic N) is 2. The minimum Gasteiger partial charge on any atom is -0.252 e. The van der Waals surface area contributed by atoms with Crippen LogP contribution in [0.1, 0.15) is 5.69 Å². The first-order valence-electron chi connectivity index (χ1n) is 3.85. The molecule has 14 heavy (non-hydrogen) atoms. The van der Waals surface area contributed by atoms with Crippen LogP contribution in [-0.4, -0.2) is 20.4 Å². The molecule has 0 aliphatic carbocycles. The van der Waals surface area contributed by atoms with Crippen LogP contribution >= 0.6 is 27.3 Å². The second-order valence-corrected chi connectivity index (χ2v) is 6.25. The highest BCUT2D eigenvalue weighted by molar-refractivity contribution is 9.10. The zero-order chi connectivity index (χ0) is 10.3. The zero-order valence-corrected chi connectivity index (χ0v) is 10.8. The Labute approximate surface area is 96.2 Å². The van der Waals surface area contributed by atoms with E-state index in [-0.39, 0.29) is 0 Å². The van der Waals surface area contributed by atoms with E-state index < -0.39 is 10.8 Å². The first-order chi connectivity index (χ1) is 6.58. The van der Waals surface area contributed by atoms with Gasteiger partial charge >= 0.3 is 0 Å². The Kier molecular flexibility index (Phi) is 2.68. The van der Waals surface area contributed by atoms with Gasteiger partial charge in [0.05, 0.1) is 21.2 Å². The van der Waals surface area contributed by atoms with Crippen LogP contribution in [0.15, 0.2) is 14.9 Å². The van der Waals surface area contributed by atoms with E-state index in [1.54, 1.807) is 6.26 Å². The molecule has 0 fully saturated rings. The quantitative estimate of drug-likeness (QED) is 0.810. The lowest BCUT2D eigenvalue weighted by Gasteiger charge is -1.94. The van der Waals surface area contributed by atoms with Gasteiger partial charge in [0.15, 0.2) is 9.99 Å². The van der Waals surface area contributed by atoms with Gasteiger partial charge in [0.2, 0.25) is 0 Å². The maximum absolute atomic E-state index is 11.2. The molecule has 0 aliphatic rings. The number of rotatable bonds is 1. The van der Waals surface area contributed by atoms with Crippen LogP contribution in [0, 0.1) is 6.92 Å². The van der Waals surface area contributed by atoms with Gasteiger partial charge in [0.1, 0.15) is 0 Å². The van der Waals surface area contributed by atoms with E-state index in [0.29, 0.717) is 9.99 Å². The van der Waals surface area contributed by atoms with Crippen molar-refractivity contribution in [2.24, 2.45) is 0 Å². The third-order valence-corrected chi connectivity index (χ3v) is 4.86. The highest BCUT2D eigenvalue weighted by Crippen LogP contribution is 2.26. The summed E-state index contributed by atoms with van der Waals surface area (Å²) in [6, 6.07) is 1.96. The minimum atomic E-state index is -1.02. The van der Waals surface area contributed by atoms with Crippen molar-refractivity contribution in [2.45, 2.75) is 11.3 Å². The fourth-order valence-electron chi connectivity index (χ4n) is 1.03. The van der Waals surface area contributed by atoms with Gasteiger partial charge in [-0.2, -0.15) is 0 Å². The Hall–Kier alpha value is -0.330. The highest BCUT2D eigenvalue weighted by atomic mass is 79.9. The molecule has 0 radical (unpaired) electrons. The van der Waals surface area contributed by atoms with Crippen LogP contribution in [0.2, 0.25) is 0 Å². The zero-order valence-electron chi connectivity index (χ0n) is 7.57. The molecule has 0 bridgehead atoms. The molecule has 2 aromatic heterocycles. The number of hydrogen-bond acceptors (Lipinski definition) is 4. The molecule has 0 aromatic carbocycles. The van der Waals surface area contributed by atoms with Crippen molar-refractivity contribution in [2.75, 3.05) is 6.26 Å². The molecule has 0 unspecified atom stereocenters. The Bertz CT molecular complexity index is 484. The molecule has 1 atom stereocenters. The second-order valence-electron chi connectivity index (χ2n) is 2.81. The molecule has 6 heteroatoms. The smallest absolute Gasteiger partial charge is 0.183 e. The standard InChI is InChI=1S/C8H7BrN2OS2/c1-4-5(9)3-6-7(10-4)11-8(13-6)14(2)12/h3H,1-2H3/t14-/m0/s1. The fourth-order valence-corrected chi connectivity index (χ4v) is 3.14. The predicted molar refractivity (Wildman–Crippen MR) is 62.2 cm³/mol. The van der Waals surface area contributed by atoms with E-state index in [2.05, 4.69) is 25.9 Å². The first kappa shape index (κ1) is 10.2. The first-order valence-corrected chi connectivity index (χ1v) is 7.02. The van der Waals surface area contributed by atoms with Crippen LogP contribution in [0.5, 0.6) is 0 Å². The maximum Gasteiger partial charge on any atom is 0.183 e. The Morgan fingerprint density at radius 3 is 2.86 bits per heavy atom. The average molecular weight is 291 g/mol. The van der Waals surface area contributed by atoms with Crippen LogP contribution < -0.4 is 0 Å². The highest BCUT2D eigenvalue weighted by Gasteiger charge is 2.09. The lowest BCUT2D eigenvalue weighted by atomic mass is 10.4. The van der Waals surface area contributed by atoms with E-state index in [1.807, 2.05) is 13.0 Å². The molecule has 0 saturated carbocycles. The molecule has 0 saturated heterocycles. The van der Waals surface area contributed by atoms with Crippen molar-refractivity contribution in [3.63, 3.8) is 0 Å². The van der Waals surface area contributed by atoms with Crippen molar-refractivity contribution in [3.05, 3.63) is 16.2 Å². The number of thiazole rings is 1. The van der Waals surface area contributed by atoms with Crippen LogP contribution in [0.4, 0.5) is 0 Å². The average Bonchev–Trinajstić information content (AvgIpc) is 2.48. The number of aryl methyl sites for hydroxylation is 1. The van der Waals surface area contributed by atoms with Crippen molar-refractivity contribution >= 4 is 48.4 Å². The SMILES string of the molecule is Cc1nc2nc([S@](C)=O)sc2cc1Br. The van der Waals surface area contributed by atoms with Gasteiger partial charge < -0.3 is 0 Å². The molecule has 0 spiro atoms. The van der Waals surface area contributed by atoms with E-state index in [9.17, 15) is 4.21 Å². The van der Waals surface area contributed by atoms with Crippen molar-refractivity contribution in [1.29, 1.82) is 0 Å². The van der Waals surface area contributed by atoms with Crippen LogP contribution in [0.3, 0.4) is 0 Å². The van der Waals surface area contributed by atoms with Gasteiger partial charge in [0, 0.05) is 10.7 Å². The molecular weight excluding hydrogens is 284 g/mol. The molecule has 0 aliphatic heterocycles. The molecule has 74 valence electrons. The summed E-state index contributed by atoms with van der Waals surface area (Å²) >= 11 is 4.83. The number of hydrogen-bond donors (Lipinski definition) is 0. The third-order valence-electron chi connectivity index (χ3n) is 1.74. The Morgan fingerprint density at radius 2 is 2.21 bits per heavy atom. The normalized spacial score (nSPS) is 13.4. The molecule has 0 amide bonds. The summed E-state index contributed by atoms with van der Waals surface area (Å²) in [7, 11) is -1.02. The number of halogens is 1. The number of fused-ring (bicyclic) bond motifs is 1. The number of aromatic nitrogens is 2. The van der Waals surface area contributed by atoms with E-state index >= 15 is 0 Å². The van der Waals surface area contributed by atoms with E-state index in [1.165, 1.54) is 11.3 Å². The van der Waals surface area contributed by atoms with Gasteiger partial charge in [-0.15, -0.1) is 11.3 Å². The largest absolute Gasteiger partial charge is 0.252 e. The number of pyridine rings is 1. The molecule has 2 heterocycles. The lowest BCUT2D eigenvalue weighted by Crippen LogP contribution is -1.86. The second kappa shape index (κ2) is 3.67. The summed E-state index contributed by atoms with van der Waals surface area (Å²) in [5, 5.41) is 0. The summed E-state index contributed by atoms with van der Waals surface area (Å²) in [6.45, 7) is 1.91. The minimum absolute atomic E-state index is 0.630. The molecule has 2 aromatic rings. The van der Waals surface area contributed by atoms with Crippen molar-refractivity contribution < 1.29 is 4.21 Å². The van der Waals surface area contributed by atoms with E-state index in [4.69, 9.17) is 0 Å². The Balaban J connectivity index is 2.72. The molecular formula is C8H7BrN2OS2. The van der Waals surface area contributed by atoms with Crippen LogP contribution in [-0.2, 0) is 10.8 Å². The maximum atomic E-state index is 11.2. The summed E-state index contributed by atoms with van der Waals surface area (Å²) < 4.78 is 13.8. The van der Waals surface area contributed by atoms with Gasteiger partial charge in [-0.05, 0) is 28.9 Å². The van der Waals surface area contributed by atoms with Gasteiger partial charge in [0.25, 0.3) is 0 Å². The summed E-state index contributed by atoms with van der Waals surface area (Å²) in [4.78, 5) is 8.50. The fraction of sp³-hybridized carbons (Fsp3) is 0.250. The van der Waals surface area contributed by atoms with Crippen molar-refractivity contribution in [3.8, 4) is 0 Å². The van der Waals surface area contributed by atoms with Gasteiger partial charge in [-0.1, -0.05) is 0 Å². The van der Waals surface area contributed by atoms with Crippen molar-refractivity contribution in [1.82, 2.24) is 9.97 Å². The molecule has 3 nitrogen and oxygen atoms in total. The monoisotopic (exact) mass is 290 g/mol. The predicted octanol–water partition coefficient (Wildman–Crippen LogP) is 2.50. The van der Waals surface area contributed by atoms with Gasteiger partial charge in [-0.3, -0.25) is 4.21 Å². The molecule has 0 N–H and O–H groups in total. The Morgan fingerprint density at radius 1 is 1.50 bits per heavy atom. The van der Waals surface area contributed by atoms with Crippen LogP contribution in [0.25, 0.3) is 10.3 Å². The summed E-state index contributed by atoms with van der Waals surface area (Å²) in [6.07, 6.45) is 1.62. The third kappa shape index (κ3) is 1.74. The summed E-state index contributed by atoms with van der Waals surface area (Å²) in [5.74, 6) is 0. The topological polar surface area (TPSA) is 42.9 Å². The molecule has 2 rings (SSSR count). The van der Waals surface area contributed by atoms with E-state index in [0.717, 1.165) is 14.9 Å². The van der Waals surface area contributed by atoms with Gasteiger partial charge in [-0.25, -0.2) is 9.97 Å².